The zero-order chi connectivity index (χ0) is 15.7. The topological polar surface area (TPSA) is 36.9 Å². The predicted octanol–water partition coefficient (Wildman–Crippen LogP) is 4.38. The number of benzene rings is 1. The molecule has 1 aromatic rings. The number of anilines is 1. The summed E-state index contributed by atoms with van der Waals surface area (Å²) >= 11 is 0. The summed E-state index contributed by atoms with van der Waals surface area (Å²) in [5.74, 6) is 1.88. The summed E-state index contributed by atoms with van der Waals surface area (Å²) in [7, 11) is 0. The fourth-order valence-electron chi connectivity index (χ4n) is 2.86. The molecule has 0 spiro atoms. The first kappa shape index (κ1) is 19.5. The Hall–Kier alpha value is -0.820. The van der Waals surface area contributed by atoms with Crippen molar-refractivity contribution in [2.45, 2.75) is 38.5 Å². The lowest BCUT2D eigenvalue weighted by molar-refractivity contribution is 0.123. The molecule has 24 heavy (non-hydrogen) atoms. The van der Waals surface area contributed by atoms with Crippen LogP contribution in [-0.2, 0) is 4.74 Å². The Bertz CT molecular complexity index is 485. The van der Waals surface area contributed by atoms with E-state index >= 15 is 0 Å². The molecule has 0 amide bonds. The molecule has 1 aliphatic heterocycles. The second kappa shape index (κ2) is 10.9. The number of nitrogens with one attached hydrogen (secondary N) is 1. The lowest BCUT2D eigenvalue weighted by Crippen LogP contribution is -2.40. The van der Waals surface area contributed by atoms with Gasteiger partial charge in [-0.1, -0.05) is 18.2 Å². The van der Waals surface area contributed by atoms with Gasteiger partial charge in [-0.25, -0.2) is 0 Å². The molecule has 0 unspecified atom stereocenters. The Labute approximate surface area is 163 Å². The summed E-state index contributed by atoms with van der Waals surface area (Å²) in [5.41, 5.74) is 1.11. The summed E-state index contributed by atoms with van der Waals surface area (Å²) < 4.78 is 5.70. The number of piperidine rings is 1. The molecule has 0 atom stereocenters. The van der Waals surface area contributed by atoms with Crippen molar-refractivity contribution in [3.8, 4) is 0 Å². The van der Waals surface area contributed by atoms with Gasteiger partial charge >= 0.3 is 0 Å². The molecule has 1 N–H and O–H groups in total. The monoisotopic (exact) mass is 443 g/mol. The molecule has 0 aromatic heterocycles. The SMILES string of the molecule is I.c1ccc(NC(=NCCCOCC2CC2)N2CCCCC2)cc1. The molecule has 0 bridgehead atoms. The Morgan fingerprint density at radius 3 is 2.58 bits per heavy atom. The van der Waals surface area contributed by atoms with Crippen molar-refractivity contribution < 1.29 is 4.74 Å². The van der Waals surface area contributed by atoms with E-state index in [1.54, 1.807) is 0 Å². The molecule has 1 saturated heterocycles. The van der Waals surface area contributed by atoms with Gasteiger partial charge in [-0.2, -0.15) is 0 Å². The van der Waals surface area contributed by atoms with E-state index < -0.39 is 0 Å². The first-order chi connectivity index (χ1) is 11.4. The molecule has 1 aliphatic carbocycles. The summed E-state index contributed by atoms with van der Waals surface area (Å²) in [6.45, 7) is 4.83. The maximum Gasteiger partial charge on any atom is 0.198 e. The van der Waals surface area contributed by atoms with E-state index in [1.807, 2.05) is 6.07 Å². The van der Waals surface area contributed by atoms with Crippen LogP contribution in [0.1, 0.15) is 38.5 Å². The van der Waals surface area contributed by atoms with E-state index in [-0.39, 0.29) is 24.0 Å². The second-order valence-electron chi connectivity index (χ2n) is 6.62. The molecule has 2 aliphatic rings. The van der Waals surface area contributed by atoms with Crippen LogP contribution in [0.3, 0.4) is 0 Å². The van der Waals surface area contributed by atoms with Crippen LogP contribution in [0.2, 0.25) is 0 Å². The van der Waals surface area contributed by atoms with Gasteiger partial charge < -0.3 is 15.0 Å². The fraction of sp³-hybridized carbons (Fsp3) is 0.632. The number of hydrogen-bond donors (Lipinski definition) is 1. The summed E-state index contributed by atoms with van der Waals surface area (Å²) in [6, 6.07) is 10.3. The molecule has 4 nitrogen and oxygen atoms in total. The van der Waals surface area contributed by atoms with Crippen LogP contribution in [0.4, 0.5) is 5.69 Å². The Kier molecular flexibility index (Phi) is 8.88. The number of halogens is 1. The third-order valence-electron chi connectivity index (χ3n) is 4.44. The van der Waals surface area contributed by atoms with Gasteiger partial charge in [-0.3, -0.25) is 4.99 Å². The van der Waals surface area contributed by atoms with Crippen LogP contribution in [0.25, 0.3) is 0 Å². The minimum atomic E-state index is 0. The molecule has 1 heterocycles. The second-order valence-corrected chi connectivity index (χ2v) is 6.62. The fourth-order valence-corrected chi connectivity index (χ4v) is 2.86. The van der Waals surface area contributed by atoms with Crippen molar-refractivity contribution in [2.24, 2.45) is 10.9 Å². The van der Waals surface area contributed by atoms with Crippen molar-refractivity contribution in [2.75, 3.05) is 38.2 Å². The molecular formula is C19H30IN3O. The maximum absolute atomic E-state index is 5.70. The summed E-state index contributed by atoms with van der Waals surface area (Å²) in [6.07, 6.45) is 7.58. The van der Waals surface area contributed by atoms with Crippen LogP contribution in [0.15, 0.2) is 35.3 Å². The highest BCUT2D eigenvalue weighted by atomic mass is 127. The van der Waals surface area contributed by atoms with Crippen molar-refractivity contribution >= 4 is 35.6 Å². The lowest BCUT2D eigenvalue weighted by Gasteiger charge is -2.30. The summed E-state index contributed by atoms with van der Waals surface area (Å²) in [4.78, 5) is 7.22. The highest BCUT2D eigenvalue weighted by Gasteiger charge is 2.20. The summed E-state index contributed by atoms with van der Waals surface area (Å²) in [5, 5.41) is 3.50. The van der Waals surface area contributed by atoms with E-state index in [1.165, 1.54) is 32.1 Å². The molecule has 3 rings (SSSR count). The van der Waals surface area contributed by atoms with Crippen molar-refractivity contribution in [1.29, 1.82) is 0 Å². The average Bonchev–Trinajstić information content (AvgIpc) is 3.43. The largest absolute Gasteiger partial charge is 0.381 e. The van der Waals surface area contributed by atoms with Crippen molar-refractivity contribution in [1.82, 2.24) is 4.90 Å². The Morgan fingerprint density at radius 1 is 1.12 bits per heavy atom. The van der Waals surface area contributed by atoms with Gasteiger partial charge in [-0.05, 0) is 56.6 Å². The highest BCUT2D eigenvalue weighted by Crippen LogP contribution is 2.28. The van der Waals surface area contributed by atoms with Gasteiger partial charge in [0, 0.05) is 38.5 Å². The predicted molar refractivity (Wildman–Crippen MR) is 111 cm³/mol. The molecule has 5 heteroatoms. The van der Waals surface area contributed by atoms with Crippen LogP contribution >= 0.6 is 24.0 Å². The third kappa shape index (κ3) is 6.97. The number of aliphatic imine (C=N–C) groups is 1. The van der Waals surface area contributed by atoms with E-state index in [4.69, 9.17) is 9.73 Å². The van der Waals surface area contributed by atoms with Crippen LogP contribution < -0.4 is 5.32 Å². The smallest absolute Gasteiger partial charge is 0.198 e. The van der Waals surface area contributed by atoms with Gasteiger partial charge in [0.05, 0.1) is 0 Å². The minimum Gasteiger partial charge on any atom is -0.381 e. The lowest BCUT2D eigenvalue weighted by atomic mass is 10.1. The number of likely N-dealkylation sites (tertiary alicyclic amines) is 1. The normalized spacial score (nSPS) is 18.2. The number of rotatable bonds is 7. The zero-order valence-electron chi connectivity index (χ0n) is 14.5. The maximum atomic E-state index is 5.70. The van der Waals surface area contributed by atoms with E-state index in [0.717, 1.165) is 56.8 Å². The van der Waals surface area contributed by atoms with Crippen LogP contribution in [0, 0.1) is 5.92 Å². The van der Waals surface area contributed by atoms with E-state index in [9.17, 15) is 0 Å². The third-order valence-corrected chi connectivity index (χ3v) is 4.44. The van der Waals surface area contributed by atoms with Gasteiger partial charge in [0.2, 0.25) is 0 Å². The standard InChI is InChI=1S/C19H29N3O.HI/c1-3-8-18(9-4-1)21-19(22-13-5-2-6-14-22)20-12-7-15-23-16-17-10-11-17;/h1,3-4,8-9,17H,2,5-7,10-16H2,(H,20,21);1H. The van der Waals surface area contributed by atoms with Gasteiger partial charge in [0.15, 0.2) is 5.96 Å². The Morgan fingerprint density at radius 2 is 1.88 bits per heavy atom. The molecule has 1 saturated carbocycles. The molecular weight excluding hydrogens is 413 g/mol. The van der Waals surface area contributed by atoms with Gasteiger partial charge in [0.25, 0.3) is 0 Å². The number of nitrogens with zero attached hydrogens (tertiary/aromatic N) is 2. The zero-order valence-corrected chi connectivity index (χ0v) is 16.8. The van der Waals surface area contributed by atoms with Gasteiger partial charge in [-0.15, -0.1) is 24.0 Å². The van der Waals surface area contributed by atoms with E-state index in [0.29, 0.717) is 0 Å². The first-order valence-electron chi connectivity index (χ1n) is 9.11. The average molecular weight is 443 g/mol. The molecule has 1 aromatic carbocycles. The van der Waals surface area contributed by atoms with Crippen LogP contribution in [-0.4, -0.2) is 43.7 Å². The minimum absolute atomic E-state index is 0. The quantitative estimate of drug-likeness (QED) is 0.294. The number of para-hydroxylation sites is 1. The first-order valence-corrected chi connectivity index (χ1v) is 9.11. The molecule has 2 fully saturated rings. The van der Waals surface area contributed by atoms with E-state index in [2.05, 4.69) is 34.5 Å². The number of hydrogen-bond acceptors (Lipinski definition) is 2. The number of ether oxygens (including phenoxy) is 1. The van der Waals surface area contributed by atoms with Gasteiger partial charge in [0.1, 0.15) is 0 Å². The molecule has 0 radical (unpaired) electrons. The molecule has 134 valence electrons. The number of guanidine groups is 1. The van der Waals surface area contributed by atoms with Crippen LogP contribution in [0.5, 0.6) is 0 Å². The van der Waals surface area contributed by atoms with Crippen molar-refractivity contribution in [3.63, 3.8) is 0 Å². The highest BCUT2D eigenvalue weighted by molar-refractivity contribution is 14.0. The van der Waals surface area contributed by atoms with Crippen molar-refractivity contribution in [3.05, 3.63) is 30.3 Å². The Balaban J connectivity index is 0.00000208.